The fourth-order valence-electron chi connectivity index (χ4n) is 1.65. The Hall–Kier alpha value is -2.17. The Morgan fingerprint density at radius 3 is 2.53 bits per heavy atom. The molecule has 1 N–H and O–H groups in total. The first-order chi connectivity index (χ1) is 9.13. The molecule has 5 nitrogen and oxygen atoms in total. The molecular formula is C14H18N4O. The minimum absolute atomic E-state index is 0.347. The van der Waals surface area contributed by atoms with Crippen LogP contribution in [0.2, 0.25) is 0 Å². The van der Waals surface area contributed by atoms with E-state index in [1.165, 1.54) is 0 Å². The largest absolute Gasteiger partial charge is 0.481 e. The number of rotatable bonds is 4. The maximum atomic E-state index is 5.05. The van der Waals surface area contributed by atoms with Crippen molar-refractivity contribution < 1.29 is 4.74 Å². The molecule has 0 atom stereocenters. The van der Waals surface area contributed by atoms with Crippen molar-refractivity contribution in [2.24, 2.45) is 0 Å². The van der Waals surface area contributed by atoms with E-state index in [2.05, 4.69) is 34.1 Å². The monoisotopic (exact) mass is 258 g/mol. The van der Waals surface area contributed by atoms with Gasteiger partial charge in [-0.25, -0.2) is 15.0 Å². The smallest absolute Gasteiger partial charge is 0.212 e. The van der Waals surface area contributed by atoms with Crippen LogP contribution in [0.1, 0.15) is 25.5 Å². The molecular weight excluding hydrogens is 240 g/mol. The molecule has 0 aliphatic rings. The van der Waals surface area contributed by atoms with Crippen molar-refractivity contribution in [1.82, 2.24) is 15.0 Å². The molecule has 0 radical (unpaired) electrons. The van der Waals surface area contributed by atoms with E-state index in [0.29, 0.717) is 17.6 Å². The summed E-state index contributed by atoms with van der Waals surface area (Å²) in [6, 6.07) is 5.68. The average molecular weight is 258 g/mol. The van der Waals surface area contributed by atoms with Crippen LogP contribution in [0.4, 0.5) is 5.82 Å². The number of aromatic nitrogens is 3. The van der Waals surface area contributed by atoms with Gasteiger partial charge in [0.2, 0.25) is 5.88 Å². The molecule has 2 aromatic heterocycles. The molecule has 0 fully saturated rings. The molecule has 2 aromatic rings. The predicted octanol–water partition coefficient (Wildman–Crippen LogP) is 2.71. The van der Waals surface area contributed by atoms with Crippen molar-refractivity contribution in [2.75, 3.05) is 19.5 Å². The van der Waals surface area contributed by atoms with Gasteiger partial charge in [0.05, 0.1) is 7.11 Å². The van der Waals surface area contributed by atoms with Crippen LogP contribution in [-0.2, 0) is 0 Å². The number of anilines is 1. The van der Waals surface area contributed by atoms with Gasteiger partial charge in [-0.3, -0.25) is 0 Å². The van der Waals surface area contributed by atoms with Gasteiger partial charge in [-0.15, -0.1) is 0 Å². The number of nitrogens with zero attached hydrogens (tertiary/aromatic N) is 3. The molecule has 5 heteroatoms. The van der Waals surface area contributed by atoms with Crippen LogP contribution in [0.3, 0.4) is 0 Å². The minimum Gasteiger partial charge on any atom is -0.481 e. The van der Waals surface area contributed by atoms with Gasteiger partial charge in [-0.05, 0) is 12.0 Å². The van der Waals surface area contributed by atoms with E-state index in [1.807, 2.05) is 19.2 Å². The highest BCUT2D eigenvalue weighted by molar-refractivity contribution is 5.57. The second-order valence-electron chi connectivity index (χ2n) is 4.50. The van der Waals surface area contributed by atoms with Crippen LogP contribution < -0.4 is 10.1 Å². The van der Waals surface area contributed by atoms with Gasteiger partial charge < -0.3 is 10.1 Å². The fourth-order valence-corrected chi connectivity index (χ4v) is 1.65. The van der Waals surface area contributed by atoms with E-state index in [9.17, 15) is 0 Å². The predicted molar refractivity (Wildman–Crippen MR) is 75.5 cm³/mol. The lowest BCUT2D eigenvalue weighted by atomic mass is 10.1. The summed E-state index contributed by atoms with van der Waals surface area (Å²) in [6.45, 7) is 4.22. The number of hydrogen-bond acceptors (Lipinski definition) is 5. The van der Waals surface area contributed by atoms with Gasteiger partial charge in [-0.2, -0.15) is 0 Å². The van der Waals surface area contributed by atoms with Gasteiger partial charge in [0.25, 0.3) is 0 Å². The second-order valence-corrected chi connectivity index (χ2v) is 4.50. The zero-order valence-corrected chi connectivity index (χ0v) is 11.6. The number of nitrogens with one attached hydrogen (secondary N) is 1. The van der Waals surface area contributed by atoms with E-state index in [1.54, 1.807) is 19.4 Å². The fraction of sp³-hybridized carbons (Fsp3) is 0.357. The SMILES string of the molecule is CNc1cc(C(C)C)nc(-c2ccc(OC)nc2)n1. The van der Waals surface area contributed by atoms with E-state index in [0.717, 1.165) is 17.1 Å². The Balaban J connectivity index is 2.44. The van der Waals surface area contributed by atoms with Gasteiger partial charge in [-0.1, -0.05) is 13.8 Å². The molecule has 19 heavy (non-hydrogen) atoms. The van der Waals surface area contributed by atoms with Crippen molar-refractivity contribution >= 4 is 5.82 Å². The molecule has 0 spiro atoms. The van der Waals surface area contributed by atoms with Gasteiger partial charge in [0, 0.05) is 36.6 Å². The van der Waals surface area contributed by atoms with E-state index < -0.39 is 0 Å². The molecule has 100 valence electrons. The Kier molecular flexibility index (Phi) is 3.94. The summed E-state index contributed by atoms with van der Waals surface area (Å²) in [5, 5.41) is 3.06. The minimum atomic E-state index is 0.347. The molecule has 0 aromatic carbocycles. The normalized spacial score (nSPS) is 10.6. The lowest BCUT2D eigenvalue weighted by Gasteiger charge is -2.10. The van der Waals surface area contributed by atoms with Crippen molar-refractivity contribution in [3.63, 3.8) is 0 Å². The van der Waals surface area contributed by atoms with Gasteiger partial charge in [0.15, 0.2) is 5.82 Å². The Labute approximate surface area is 113 Å². The summed E-state index contributed by atoms with van der Waals surface area (Å²) in [5.41, 5.74) is 1.88. The van der Waals surface area contributed by atoms with Crippen molar-refractivity contribution in [3.05, 3.63) is 30.1 Å². The highest BCUT2D eigenvalue weighted by Gasteiger charge is 2.09. The number of methoxy groups -OCH3 is 1. The summed E-state index contributed by atoms with van der Waals surface area (Å²) in [5.74, 6) is 2.41. The van der Waals surface area contributed by atoms with Crippen LogP contribution in [0.25, 0.3) is 11.4 Å². The van der Waals surface area contributed by atoms with E-state index >= 15 is 0 Å². The molecule has 2 heterocycles. The third kappa shape index (κ3) is 2.99. The van der Waals surface area contributed by atoms with Crippen LogP contribution in [0.15, 0.2) is 24.4 Å². The molecule has 0 aliphatic carbocycles. The Morgan fingerprint density at radius 2 is 2.00 bits per heavy atom. The zero-order valence-electron chi connectivity index (χ0n) is 11.6. The molecule has 2 rings (SSSR count). The first-order valence-corrected chi connectivity index (χ1v) is 6.21. The Morgan fingerprint density at radius 1 is 1.21 bits per heavy atom. The first-order valence-electron chi connectivity index (χ1n) is 6.21. The lowest BCUT2D eigenvalue weighted by Crippen LogP contribution is -2.02. The number of pyridine rings is 1. The summed E-state index contributed by atoms with van der Waals surface area (Å²) in [7, 11) is 3.44. The van der Waals surface area contributed by atoms with Gasteiger partial charge in [0.1, 0.15) is 5.82 Å². The maximum absolute atomic E-state index is 5.05. The van der Waals surface area contributed by atoms with Crippen LogP contribution >= 0.6 is 0 Å². The van der Waals surface area contributed by atoms with Crippen LogP contribution in [0.5, 0.6) is 5.88 Å². The molecule has 0 unspecified atom stereocenters. The summed E-state index contributed by atoms with van der Waals surface area (Å²) < 4.78 is 5.05. The zero-order chi connectivity index (χ0) is 13.8. The molecule has 0 saturated heterocycles. The third-order valence-corrected chi connectivity index (χ3v) is 2.80. The van der Waals surface area contributed by atoms with E-state index in [4.69, 9.17) is 4.74 Å². The van der Waals surface area contributed by atoms with Crippen molar-refractivity contribution in [2.45, 2.75) is 19.8 Å². The maximum Gasteiger partial charge on any atom is 0.212 e. The van der Waals surface area contributed by atoms with Crippen molar-refractivity contribution in [1.29, 1.82) is 0 Å². The number of ether oxygens (including phenoxy) is 1. The van der Waals surface area contributed by atoms with E-state index in [-0.39, 0.29) is 0 Å². The van der Waals surface area contributed by atoms with Crippen LogP contribution in [-0.4, -0.2) is 29.1 Å². The molecule has 0 saturated carbocycles. The summed E-state index contributed by atoms with van der Waals surface area (Å²) >= 11 is 0. The standard InChI is InChI=1S/C14H18N4O/c1-9(2)11-7-12(15-3)18-14(17-11)10-5-6-13(19-4)16-8-10/h5-9H,1-4H3,(H,15,17,18). The summed E-state index contributed by atoms with van der Waals surface area (Å²) in [6.07, 6.45) is 1.72. The molecule has 0 bridgehead atoms. The van der Waals surface area contributed by atoms with Crippen LogP contribution in [0, 0.1) is 0 Å². The average Bonchev–Trinajstić information content (AvgIpc) is 2.46. The quantitative estimate of drug-likeness (QED) is 0.913. The summed E-state index contributed by atoms with van der Waals surface area (Å²) in [4.78, 5) is 13.2. The lowest BCUT2D eigenvalue weighted by molar-refractivity contribution is 0.398. The molecule has 0 amide bonds. The second kappa shape index (κ2) is 5.65. The third-order valence-electron chi connectivity index (χ3n) is 2.80. The number of hydrogen-bond donors (Lipinski definition) is 1. The van der Waals surface area contributed by atoms with Crippen molar-refractivity contribution in [3.8, 4) is 17.3 Å². The highest BCUT2D eigenvalue weighted by Crippen LogP contribution is 2.22. The highest BCUT2D eigenvalue weighted by atomic mass is 16.5. The Bertz CT molecular complexity index is 552. The van der Waals surface area contributed by atoms with Gasteiger partial charge >= 0.3 is 0 Å². The first kappa shape index (κ1) is 13.3. The molecule has 0 aliphatic heterocycles. The topological polar surface area (TPSA) is 59.9 Å².